The molecule has 1 aromatic heterocycles. The number of hydrogen-bond donors (Lipinski definition) is 3. The zero-order valence-electron chi connectivity index (χ0n) is 14.0. The van der Waals surface area contributed by atoms with Crippen LogP contribution in [0, 0.1) is 0 Å². The highest BCUT2D eigenvalue weighted by atomic mass is 16.5. The van der Waals surface area contributed by atoms with Crippen molar-refractivity contribution in [1.82, 2.24) is 10.3 Å². The molecular formula is C19H20N4O2. The van der Waals surface area contributed by atoms with E-state index in [9.17, 15) is 4.79 Å². The molecule has 0 bridgehead atoms. The molecule has 0 aliphatic heterocycles. The first-order valence-corrected chi connectivity index (χ1v) is 7.99. The van der Waals surface area contributed by atoms with Gasteiger partial charge in [0.15, 0.2) is 5.96 Å². The number of H-pyrrole nitrogens is 1. The quantitative estimate of drug-likeness (QED) is 0.493. The summed E-state index contributed by atoms with van der Waals surface area (Å²) in [5.41, 5.74) is 7.94. The third kappa shape index (κ3) is 3.98. The third-order valence-electron chi connectivity index (χ3n) is 3.84. The maximum absolute atomic E-state index is 12.1. The van der Waals surface area contributed by atoms with Crippen molar-refractivity contribution in [3.63, 3.8) is 0 Å². The van der Waals surface area contributed by atoms with Gasteiger partial charge in [0.25, 0.3) is 5.91 Å². The maximum Gasteiger partial charge on any atom is 0.274 e. The number of para-hydroxylation sites is 1. The molecule has 0 spiro atoms. The van der Waals surface area contributed by atoms with Crippen LogP contribution in [0.3, 0.4) is 0 Å². The Labute approximate surface area is 145 Å². The Bertz CT molecular complexity index is 900. The van der Waals surface area contributed by atoms with E-state index in [-0.39, 0.29) is 11.9 Å². The fourth-order valence-corrected chi connectivity index (χ4v) is 2.53. The Hall–Kier alpha value is -3.28. The molecule has 0 saturated carbocycles. The minimum Gasteiger partial charge on any atom is -0.491 e. The summed E-state index contributed by atoms with van der Waals surface area (Å²) in [6.45, 7) is 0.555. The number of ether oxygens (including phenoxy) is 1. The van der Waals surface area contributed by atoms with Crippen LogP contribution in [-0.2, 0) is 6.42 Å². The summed E-state index contributed by atoms with van der Waals surface area (Å²) in [7, 11) is 1.51. The number of aromatic nitrogens is 1. The average Bonchev–Trinajstić information content (AvgIpc) is 3.08. The van der Waals surface area contributed by atoms with E-state index in [1.165, 1.54) is 12.6 Å². The van der Waals surface area contributed by atoms with Gasteiger partial charge in [-0.1, -0.05) is 42.5 Å². The number of nitrogens with two attached hydrogens (primary N) is 1. The van der Waals surface area contributed by atoms with Crippen molar-refractivity contribution < 1.29 is 9.53 Å². The van der Waals surface area contributed by atoms with Crippen LogP contribution in [0.4, 0.5) is 0 Å². The number of carbonyl (C=O) groups excluding carboxylic acids is 1. The van der Waals surface area contributed by atoms with E-state index in [1.807, 2.05) is 36.4 Å². The van der Waals surface area contributed by atoms with Crippen LogP contribution in [-0.4, -0.2) is 30.5 Å². The van der Waals surface area contributed by atoms with Gasteiger partial charge in [-0.2, -0.15) is 0 Å². The first-order chi connectivity index (χ1) is 12.2. The van der Waals surface area contributed by atoms with Gasteiger partial charge < -0.3 is 15.5 Å². The molecule has 1 amide bonds. The standard InChI is InChI=1S/C19H20N4O2/c1-21-19(20)23-18(24)15-12-14-8-5-9-16(17(14)22-15)25-11-10-13-6-3-2-4-7-13/h2-9,12,22H,10-11H2,1H3,(H3,20,21,23,24). The van der Waals surface area contributed by atoms with Crippen LogP contribution in [0.1, 0.15) is 16.1 Å². The Morgan fingerprint density at radius 1 is 1.20 bits per heavy atom. The highest BCUT2D eigenvalue weighted by Crippen LogP contribution is 2.26. The number of carbonyl (C=O) groups is 1. The number of benzene rings is 2. The lowest BCUT2D eigenvalue weighted by molar-refractivity contribution is 0.0972. The summed E-state index contributed by atoms with van der Waals surface area (Å²) in [5.74, 6) is 0.446. The minimum absolute atomic E-state index is 0.0722. The topological polar surface area (TPSA) is 92.5 Å². The van der Waals surface area contributed by atoms with E-state index in [0.717, 1.165) is 17.3 Å². The van der Waals surface area contributed by atoms with Gasteiger partial charge in [0.1, 0.15) is 11.4 Å². The molecule has 0 fully saturated rings. The Morgan fingerprint density at radius 3 is 2.76 bits per heavy atom. The molecule has 128 valence electrons. The zero-order valence-corrected chi connectivity index (χ0v) is 14.0. The van der Waals surface area contributed by atoms with Crippen molar-refractivity contribution in [3.8, 4) is 5.75 Å². The number of guanidine groups is 1. The van der Waals surface area contributed by atoms with Crippen molar-refractivity contribution >= 4 is 22.8 Å². The molecule has 3 aromatic rings. The average molecular weight is 336 g/mol. The molecule has 6 heteroatoms. The molecule has 25 heavy (non-hydrogen) atoms. The Morgan fingerprint density at radius 2 is 2.00 bits per heavy atom. The second-order valence-electron chi connectivity index (χ2n) is 5.55. The zero-order chi connectivity index (χ0) is 17.6. The Kier molecular flexibility index (Phi) is 4.99. The van der Waals surface area contributed by atoms with Crippen molar-refractivity contribution in [3.05, 3.63) is 65.9 Å². The molecule has 2 aromatic carbocycles. The number of rotatable bonds is 5. The van der Waals surface area contributed by atoms with Crippen molar-refractivity contribution in [1.29, 1.82) is 0 Å². The van der Waals surface area contributed by atoms with E-state index in [0.29, 0.717) is 18.1 Å². The van der Waals surface area contributed by atoms with Crippen LogP contribution in [0.25, 0.3) is 10.9 Å². The molecule has 0 aliphatic carbocycles. The summed E-state index contributed by atoms with van der Waals surface area (Å²) < 4.78 is 5.91. The van der Waals surface area contributed by atoms with Crippen LogP contribution < -0.4 is 15.8 Å². The maximum atomic E-state index is 12.1. The largest absolute Gasteiger partial charge is 0.491 e. The fraction of sp³-hybridized carbons (Fsp3) is 0.158. The van der Waals surface area contributed by atoms with Crippen molar-refractivity contribution in [2.75, 3.05) is 13.7 Å². The molecule has 1 heterocycles. The molecule has 6 nitrogen and oxygen atoms in total. The van der Waals surface area contributed by atoms with E-state index >= 15 is 0 Å². The van der Waals surface area contributed by atoms with Gasteiger partial charge in [-0.3, -0.25) is 15.1 Å². The molecule has 0 saturated heterocycles. The van der Waals surface area contributed by atoms with Crippen molar-refractivity contribution in [2.24, 2.45) is 10.7 Å². The van der Waals surface area contributed by atoms with Crippen molar-refractivity contribution in [2.45, 2.75) is 6.42 Å². The van der Waals surface area contributed by atoms with Crippen LogP contribution in [0.2, 0.25) is 0 Å². The summed E-state index contributed by atoms with van der Waals surface area (Å²) in [6, 6.07) is 17.6. The molecular weight excluding hydrogens is 316 g/mol. The SMILES string of the molecule is CN=C(N)NC(=O)c1cc2cccc(OCCc3ccccc3)c2[nH]1. The summed E-state index contributed by atoms with van der Waals surface area (Å²) in [5, 5.41) is 3.41. The lowest BCUT2D eigenvalue weighted by atomic mass is 10.2. The molecule has 0 atom stereocenters. The number of nitrogens with zero attached hydrogens (tertiary/aromatic N) is 1. The van der Waals surface area contributed by atoms with E-state index in [2.05, 4.69) is 27.4 Å². The van der Waals surface area contributed by atoms with Gasteiger partial charge in [0.2, 0.25) is 0 Å². The predicted molar refractivity (Wildman–Crippen MR) is 99.0 cm³/mol. The molecule has 0 unspecified atom stereocenters. The van der Waals surface area contributed by atoms with Gasteiger partial charge in [0.05, 0.1) is 12.1 Å². The van der Waals surface area contributed by atoms with Gasteiger partial charge in [-0.05, 0) is 17.7 Å². The van der Waals surface area contributed by atoms with Crippen LogP contribution in [0.5, 0.6) is 5.75 Å². The third-order valence-corrected chi connectivity index (χ3v) is 3.84. The number of aromatic amines is 1. The Balaban J connectivity index is 1.74. The number of fused-ring (bicyclic) bond motifs is 1. The predicted octanol–water partition coefficient (Wildman–Crippen LogP) is 2.46. The monoisotopic (exact) mass is 336 g/mol. The first-order valence-electron chi connectivity index (χ1n) is 7.99. The summed E-state index contributed by atoms with van der Waals surface area (Å²) in [4.78, 5) is 19.0. The number of aliphatic imine (C=N–C) groups is 1. The number of nitrogens with one attached hydrogen (secondary N) is 2. The minimum atomic E-state index is -0.338. The van der Waals surface area contributed by atoms with Gasteiger partial charge >= 0.3 is 0 Å². The lowest BCUT2D eigenvalue weighted by Gasteiger charge is -2.07. The lowest BCUT2D eigenvalue weighted by Crippen LogP contribution is -2.36. The van der Waals surface area contributed by atoms with E-state index in [4.69, 9.17) is 10.5 Å². The molecule has 3 rings (SSSR count). The fourth-order valence-electron chi connectivity index (χ4n) is 2.53. The van der Waals surface area contributed by atoms with Crippen LogP contribution in [0.15, 0.2) is 59.6 Å². The first kappa shape index (κ1) is 16.6. The van der Waals surface area contributed by atoms with Crippen LogP contribution >= 0.6 is 0 Å². The molecule has 4 N–H and O–H groups in total. The normalized spacial score (nSPS) is 11.5. The second-order valence-corrected chi connectivity index (χ2v) is 5.55. The summed E-state index contributed by atoms with van der Waals surface area (Å²) in [6.07, 6.45) is 0.814. The number of hydrogen-bond acceptors (Lipinski definition) is 3. The smallest absolute Gasteiger partial charge is 0.274 e. The van der Waals surface area contributed by atoms with E-state index < -0.39 is 0 Å². The van der Waals surface area contributed by atoms with Gasteiger partial charge in [0, 0.05) is 18.9 Å². The molecule has 0 radical (unpaired) electrons. The second kappa shape index (κ2) is 7.53. The highest BCUT2D eigenvalue weighted by Gasteiger charge is 2.12. The highest BCUT2D eigenvalue weighted by molar-refractivity contribution is 6.06. The van der Waals surface area contributed by atoms with E-state index in [1.54, 1.807) is 6.07 Å². The number of amides is 1. The molecule has 0 aliphatic rings. The van der Waals surface area contributed by atoms with Gasteiger partial charge in [-0.25, -0.2) is 0 Å². The summed E-state index contributed by atoms with van der Waals surface area (Å²) >= 11 is 0. The van der Waals surface area contributed by atoms with Gasteiger partial charge in [-0.15, -0.1) is 0 Å².